The molecule has 0 spiro atoms. The Hall–Kier alpha value is -2.27. The van der Waals surface area contributed by atoms with E-state index in [1.54, 1.807) is 24.3 Å². The monoisotopic (exact) mass is 275 g/mol. The van der Waals surface area contributed by atoms with Gasteiger partial charge in [0.15, 0.2) is 17.2 Å². The Labute approximate surface area is 113 Å². The summed E-state index contributed by atoms with van der Waals surface area (Å²) < 4.78 is 26.9. The summed E-state index contributed by atoms with van der Waals surface area (Å²) in [4.78, 5) is 12.1. The fourth-order valence-electron chi connectivity index (χ4n) is 2.38. The number of carbonyl (C=O) groups is 1. The Morgan fingerprint density at radius 2 is 1.75 bits per heavy atom. The fraction of sp³-hybridized carbons (Fsp3) is 0.133. The Morgan fingerprint density at radius 1 is 1.10 bits per heavy atom. The molecule has 1 unspecified atom stereocenters. The predicted octanol–water partition coefficient (Wildman–Crippen LogP) is 2.46. The van der Waals surface area contributed by atoms with Crippen molar-refractivity contribution in [2.24, 2.45) is 0 Å². The molecule has 0 aromatic heterocycles. The molecule has 1 aliphatic rings. The average Bonchev–Trinajstić information content (AvgIpc) is 2.69. The van der Waals surface area contributed by atoms with Gasteiger partial charge in [0, 0.05) is 5.56 Å². The van der Waals surface area contributed by atoms with Crippen LogP contribution in [-0.4, -0.2) is 11.0 Å². The number of anilines is 1. The molecule has 2 aromatic rings. The van der Waals surface area contributed by atoms with Crippen molar-refractivity contribution >= 4 is 11.6 Å². The molecular formula is C15H11F2NO2. The number of nitrogens with one attached hydrogen (secondary N) is 1. The fourth-order valence-corrected chi connectivity index (χ4v) is 2.38. The van der Waals surface area contributed by atoms with E-state index in [0.717, 1.165) is 11.6 Å². The normalized spacial score (nSPS) is 20.7. The zero-order valence-corrected chi connectivity index (χ0v) is 10.6. The first-order chi connectivity index (χ1) is 9.44. The molecule has 3 rings (SSSR count). The van der Waals surface area contributed by atoms with Gasteiger partial charge in [0.1, 0.15) is 0 Å². The molecule has 0 bridgehead atoms. The molecule has 1 atom stereocenters. The van der Waals surface area contributed by atoms with Crippen LogP contribution in [0, 0.1) is 18.6 Å². The summed E-state index contributed by atoms with van der Waals surface area (Å²) >= 11 is 0. The first kappa shape index (κ1) is 12.7. The van der Waals surface area contributed by atoms with Crippen molar-refractivity contribution in [2.75, 3.05) is 5.32 Å². The summed E-state index contributed by atoms with van der Waals surface area (Å²) in [6, 6.07) is 8.76. The minimum atomic E-state index is -2.00. The summed E-state index contributed by atoms with van der Waals surface area (Å²) in [7, 11) is 0. The predicted molar refractivity (Wildman–Crippen MR) is 69.2 cm³/mol. The molecule has 0 fully saturated rings. The number of hydrogen-bond donors (Lipinski definition) is 2. The Bertz CT molecular complexity index is 713. The van der Waals surface area contributed by atoms with Gasteiger partial charge in [-0.3, -0.25) is 4.79 Å². The van der Waals surface area contributed by atoms with E-state index in [4.69, 9.17) is 0 Å². The lowest BCUT2D eigenvalue weighted by Crippen LogP contribution is -2.35. The molecule has 1 aliphatic heterocycles. The van der Waals surface area contributed by atoms with E-state index in [-0.39, 0.29) is 11.3 Å². The minimum Gasteiger partial charge on any atom is -0.372 e. The first-order valence-electron chi connectivity index (χ1n) is 6.04. The van der Waals surface area contributed by atoms with Gasteiger partial charge in [-0.15, -0.1) is 0 Å². The average molecular weight is 275 g/mol. The van der Waals surface area contributed by atoms with Crippen LogP contribution in [0.3, 0.4) is 0 Å². The Balaban J connectivity index is 2.23. The van der Waals surface area contributed by atoms with Crippen molar-refractivity contribution in [3.8, 4) is 0 Å². The molecule has 0 saturated carbocycles. The molecule has 102 valence electrons. The number of rotatable bonds is 1. The van der Waals surface area contributed by atoms with Crippen molar-refractivity contribution in [1.82, 2.24) is 0 Å². The third-order valence-corrected chi connectivity index (χ3v) is 3.52. The minimum absolute atomic E-state index is 0.0188. The number of amides is 1. The molecule has 0 saturated heterocycles. The molecule has 1 amide bonds. The van der Waals surface area contributed by atoms with Crippen LogP contribution in [0.4, 0.5) is 14.5 Å². The maximum atomic E-state index is 13.7. The number of aryl methyl sites for hydroxylation is 1. The number of aliphatic hydroxyl groups is 1. The molecule has 0 radical (unpaired) electrons. The van der Waals surface area contributed by atoms with E-state index in [0.29, 0.717) is 5.56 Å². The van der Waals surface area contributed by atoms with Gasteiger partial charge in [0.05, 0.1) is 5.69 Å². The van der Waals surface area contributed by atoms with Gasteiger partial charge >= 0.3 is 0 Å². The van der Waals surface area contributed by atoms with Crippen LogP contribution < -0.4 is 5.32 Å². The van der Waals surface area contributed by atoms with Crippen molar-refractivity contribution in [3.63, 3.8) is 0 Å². The number of fused-ring (bicyclic) bond motifs is 1. The summed E-state index contributed by atoms with van der Waals surface area (Å²) in [6.45, 7) is 1.87. The van der Waals surface area contributed by atoms with Crippen molar-refractivity contribution < 1.29 is 18.7 Å². The van der Waals surface area contributed by atoms with Gasteiger partial charge in [0.2, 0.25) is 0 Å². The Morgan fingerprint density at radius 3 is 2.40 bits per heavy atom. The molecule has 2 aromatic carbocycles. The van der Waals surface area contributed by atoms with Crippen LogP contribution >= 0.6 is 0 Å². The topological polar surface area (TPSA) is 49.3 Å². The van der Waals surface area contributed by atoms with Gasteiger partial charge in [-0.1, -0.05) is 35.9 Å². The number of benzene rings is 2. The van der Waals surface area contributed by atoms with E-state index < -0.39 is 23.1 Å². The number of halogens is 2. The van der Waals surface area contributed by atoms with E-state index in [2.05, 4.69) is 5.32 Å². The highest BCUT2D eigenvalue weighted by atomic mass is 19.2. The van der Waals surface area contributed by atoms with Gasteiger partial charge in [-0.2, -0.15) is 0 Å². The van der Waals surface area contributed by atoms with Crippen molar-refractivity contribution in [2.45, 2.75) is 12.5 Å². The summed E-state index contributed by atoms with van der Waals surface area (Å²) in [6.07, 6.45) is 0. The SMILES string of the molecule is Cc1ccc(C2(O)C(=O)Nc3c2ccc(F)c3F)cc1. The smallest absolute Gasteiger partial charge is 0.265 e. The van der Waals surface area contributed by atoms with E-state index in [9.17, 15) is 18.7 Å². The molecular weight excluding hydrogens is 264 g/mol. The summed E-state index contributed by atoms with van der Waals surface area (Å²) in [5.74, 6) is -3.03. The molecule has 20 heavy (non-hydrogen) atoms. The lowest BCUT2D eigenvalue weighted by Gasteiger charge is -2.21. The quantitative estimate of drug-likeness (QED) is 0.840. The van der Waals surface area contributed by atoms with Crippen LogP contribution in [0.2, 0.25) is 0 Å². The third-order valence-electron chi connectivity index (χ3n) is 3.52. The highest BCUT2D eigenvalue weighted by molar-refractivity contribution is 6.07. The second-order valence-corrected chi connectivity index (χ2v) is 4.81. The summed E-state index contributed by atoms with van der Waals surface area (Å²) in [5.41, 5.74) is -1.02. The van der Waals surface area contributed by atoms with Crippen LogP contribution in [0.15, 0.2) is 36.4 Å². The summed E-state index contributed by atoms with van der Waals surface area (Å²) in [5, 5.41) is 12.9. The molecule has 3 nitrogen and oxygen atoms in total. The zero-order chi connectivity index (χ0) is 14.5. The van der Waals surface area contributed by atoms with Gasteiger partial charge in [-0.05, 0) is 18.6 Å². The highest BCUT2D eigenvalue weighted by Gasteiger charge is 2.48. The largest absolute Gasteiger partial charge is 0.372 e. The maximum absolute atomic E-state index is 13.7. The second kappa shape index (κ2) is 4.11. The number of hydrogen-bond acceptors (Lipinski definition) is 2. The van der Waals surface area contributed by atoms with Crippen LogP contribution in [-0.2, 0) is 10.4 Å². The molecule has 2 N–H and O–H groups in total. The molecule has 5 heteroatoms. The number of carbonyl (C=O) groups excluding carboxylic acids is 1. The second-order valence-electron chi connectivity index (χ2n) is 4.81. The third kappa shape index (κ3) is 1.56. The molecule has 1 heterocycles. The van der Waals surface area contributed by atoms with Gasteiger partial charge < -0.3 is 10.4 Å². The first-order valence-corrected chi connectivity index (χ1v) is 6.04. The molecule has 0 aliphatic carbocycles. The van der Waals surface area contributed by atoms with E-state index in [1.165, 1.54) is 6.07 Å². The zero-order valence-electron chi connectivity index (χ0n) is 10.6. The lowest BCUT2D eigenvalue weighted by atomic mass is 9.87. The lowest BCUT2D eigenvalue weighted by molar-refractivity contribution is -0.129. The van der Waals surface area contributed by atoms with Crippen molar-refractivity contribution in [1.29, 1.82) is 0 Å². The van der Waals surface area contributed by atoms with Gasteiger partial charge in [0.25, 0.3) is 5.91 Å². The van der Waals surface area contributed by atoms with E-state index in [1.807, 2.05) is 6.92 Å². The Kier molecular flexibility index (Phi) is 2.62. The highest BCUT2D eigenvalue weighted by Crippen LogP contribution is 2.42. The van der Waals surface area contributed by atoms with Crippen LogP contribution in [0.1, 0.15) is 16.7 Å². The maximum Gasteiger partial charge on any atom is 0.265 e. The van der Waals surface area contributed by atoms with Gasteiger partial charge in [-0.25, -0.2) is 8.78 Å². The van der Waals surface area contributed by atoms with Crippen molar-refractivity contribution in [3.05, 3.63) is 64.7 Å². The van der Waals surface area contributed by atoms with E-state index >= 15 is 0 Å². The standard InChI is InChI=1S/C15H11F2NO2/c1-8-2-4-9(5-3-8)15(20)10-6-7-11(16)12(17)13(10)18-14(15)19/h2-7,20H,1H3,(H,18,19). The van der Waals surface area contributed by atoms with Crippen LogP contribution in [0.25, 0.3) is 0 Å². The van der Waals surface area contributed by atoms with Crippen LogP contribution in [0.5, 0.6) is 0 Å².